The minimum Gasteiger partial charge on any atom is -0.489 e. The Morgan fingerprint density at radius 2 is 2.33 bits per heavy atom. The smallest absolute Gasteiger partial charge is 0.129 e. The van der Waals surface area contributed by atoms with E-state index in [0.29, 0.717) is 17.9 Å². The second-order valence-corrected chi connectivity index (χ2v) is 2.51. The van der Waals surface area contributed by atoms with Crippen LogP contribution in [0.1, 0.15) is 5.56 Å². The van der Waals surface area contributed by atoms with Crippen molar-refractivity contribution in [1.29, 1.82) is 0 Å². The van der Waals surface area contributed by atoms with Crippen molar-refractivity contribution in [3.63, 3.8) is 0 Å². The molecule has 1 nitrogen and oxygen atoms in total. The minimum atomic E-state index is -0.239. The average molecular weight is 166 g/mol. The Kier molecular flexibility index (Phi) is 2.86. The molecule has 0 aliphatic heterocycles. The highest BCUT2D eigenvalue weighted by Gasteiger charge is 1.98. The highest BCUT2D eigenvalue weighted by molar-refractivity contribution is 5.28. The van der Waals surface area contributed by atoms with Crippen LogP contribution in [0, 0.1) is 12.7 Å². The summed E-state index contributed by atoms with van der Waals surface area (Å²) < 4.78 is 18.0. The lowest BCUT2D eigenvalue weighted by Gasteiger charge is -2.03. The number of rotatable bonds is 3. The van der Waals surface area contributed by atoms with E-state index < -0.39 is 0 Å². The fraction of sp³-hybridized carbons (Fsp3) is 0.200. The molecule has 0 amide bonds. The fourth-order valence-corrected chi connectivity index (χ4v) is 0.819. The first-order valence-electron chi connectivity index (χ1n) is 3.74. The summed E-state index contributed by atoms with van der Waals surface area (Å²) in [4.78, 5) is 0. The van der Waals surface area contributed by atoms with Gasteiger partial charge in [-0.25, -0.2) is 4.39 Å². The zero-order chi connectivity index (χ0) is 8.97. The number of hydrogen-bond acceptors (Lipinski definition) is 1. The van der Waals surface area contributed by atoms with E-state index in [-0.39, 0.29) is 5.82 Å². The molecule has 1 aromatic rings. The summed E-state index contributed by atoms with van der Waals surface area (Å²) in [5, 5.41) is 0. The average Bonchev–Trinajstić information content (AvgIpc) is 2.07. The highest BCUT2D eigenvalue weighted by atomic mass is 19.1. The molecular weight excluding hydrogens is 155 g/mol. The number of ether oxygens (including phenoxy) is 1. The molecule has 0 saturated heterocycles. The van der Waals surface area contributed by atoms with Crippen molar-refractivity contribution in [2.75, 3.05) is 6.61 Å². The van der Waals surface area contributed by atoms with Crippen LogP contribution in [-0.2, 0) is 0 Å². The predicted molar refractivity (Wildman–Crippen MR) is 46.8 cm³/mol. The lowest BCUT2D eigenvalue weighted by Crippen LogP contribution is -1.93. The van der Waals surface area contributed by atoms with Crippen LogP contribution in [0.3, 0.4) is 0 Å². The zero-order valence-electron chi connectivity index (χ0n) is 7.01. The summed E-state index contributed by atoms with van der Waals surface area (Å²) in [6.07, 6.45) is 1.62. The second-order valence-electron chi connectivity index (χ2n) is 2.51. The van der Waals surface area contributed by atoms with Crippen molar-refractivity contribution in [3.05, 3.63) is 42.2 Å². The first-order valence-corrected chi connectivity index (χ1v) is 3.74. The van der Waals surface area contributed by atoms with Gasteiger partial charge >= 0.3 is 0 Å². The largest absolute Gasteiger partial charge is 0.489 e. The molecular formula is C10H11FO. The van der Waals surface area contributed by atoms with Crippen molar-refractivity contribution in [2.45, 2.75) is 6.92 Å². The Hall–Kier alpha value is -1.31. The molecule has 0 spiro atoms. The summed E-state index contributed by atoms with van der Waals surface area (Å²) >= 11 is 0. The zero-order valence-corrected chi connectivity index (χ0v) is 7.01. The lowest BCUT2D eigenvalue weighted by atomic mass is 10.2. The van der Waals surface area contributed by atoms with Crippen molar-refractivity contribution in [2.24, 2.45) is 0 Å². The van der Waals surface area contributed by atoms with Gasteiger partial charge in [0.1, 0.15) is 18.2 Å². The molecule has 0 heterocycles. The van der Waals surface area contributed by atoms with Crippen LogP contribution in [0.4, 0.5) is 4.39 Å². The van der Waals surface area contributed by atoms with Crippen molar-refractivity contribution >= 4 is 0 Å². The minimum absolute atomic E-state index is 0.239. The number of halogens is 1. The molecule has 1 rings (SSSR count). The molecule has 2 heteroatoms. The summed E-state index contributed by atoms with van der Waals surface area (Å²) in [6.45, 7) is 5.62. The maximum absolute atomic E-state index is 12.9. The van der Waals surface area contributed by atoms with Crippen LogP contribution in [0.2, 0.25) is 0 Å². The van der Waals surface area contributed by atoms with Gasteiger partial charge in [-0.15, -0.1) is 0 Å². The third kappa shape index (κ3) is 2.09. The van der Waals surface area contributed by atoms with Crippen LogP contribution in [0.5, 0.6) is 5.75 Å². The van der Waals surface area contributed by atoms with E-state index in [1.54, 1.807) is 25.1 Å². The lowest BCUT2D eigenvalue weighted by molar-refractivity contribution is 0.360. The third-order valence-electron chi connectivity index (χ3n) is 1.51. The van der Waals surface area contributed by atoms with Gasteiger partial charge in [0.2, 0.25) is 0 Å². The van der Waals surface area contributed by atoms with Crippen LogP contribution >= 0.6 is 0 Å². The van der Waals surface area contributed by atoms with Gasteiger partial charge in [0, 0.05) is 6.07 Å². The number of hydrogen-bond donors (Lipinski definition) is 0. The molecule has 64 valence electrons. The normalized spacial score (nSPS) is 9.50. The van der Waals surface area contributed by atoms with Gasteiger partial charge in [0.15, 0.2) is 0 Å². The van der Waals surface area contributed by atoms with Gasteiger partial charge in [-0.3, -0.25) is 0 Å². The molecule has 0 atom stereocenters. The monoisotopic (exact) mass is 166 g/mol. The summed E-state index contributed by atoms with van der Waals surface area (Å²) in [6, 6.07) is 4.80. The molecule has 0 radical (unpaired) electrons. The summed E-state index contributed by atoms with van der Waals surface area (Å²) in [5.41, 5.74) is 0.626. The van der Waals surface area contributed by atoms with Gasteiger partial charge in [-0.2, -0.15) is 0 Å². The maximum Gasteiger partial charge on any atom is 0.129 e. The SMILES string of the molecule is C=CCOc1ccc(C)c(F)c1. The van der Waals surface area contributed by atoms with Gasteiger partial charge in [-0.1, -0.05) is 18.7 Å². The quantitative estimate of drug-likeness (QED) is 0.627. The van der Waals surface area contributed by atoms with E-state index in [2.05, 4.69) is 6.58 Å². The van der Waals surface area contributed by atoms with Crippen molar-refractivity contribution in [3.8, 4) is 5.75 Å². The van der Waals surface area contributed by atoms with Crippen LogP contribution in [0.25, 0.3) is 0 Å². The van der Waals surface area contributed by atoms with Crippen LogP contribution in [0.15, 0.2) is 30.9 Å². The van der Waals surface area contributed by atoms with Crippen molar-refractivity contribution < 1.29 is 9.13 Å². The summed E-state index contributed by atoms with van der Waals surface area (Å²) in [7, 11) is 0. The molecule has 0 aromatic heterocycles. The summed E-state index contributed by atoms with van der Waals surface area (Å²) in [5.74, 6) is 0.301. The standard InChI is InChI=1S/C10H11FO/c1-3-6-12-9-5-4-8(2)10(11)7-9/h3-5,7H,1,6H2,2H3. The topological polar surface area (TPSA) is 9.23 Å². The van der Waals surface area contributed by atoms with E-state index in [4.69, 9.17) is 4.74 Å². The molecule has 12 heavy (non-hydrogen) atoms. The van der Waals surface area contributed by atoms with E-state index in [9.17, 15) is 4.39 Å². The Morgan fingerprint density at radius 3 is 2.92 bits per heavy atom. The molecule has 0 aliphatic rings. The first kappa shape index (κ1) is 8.78. The number of benzene rings is 1. The molecule has 0 fully saturated rings. The highest BCUT2D eigenvalue weighted by Crippen LogP contribution is 2.15. The third-order valence-corrected chi connectivity index (χ3v) is 1.51. The Morgan fingerprint density at radius 1 is 1.58 bits per heavy atom. The van der Waals surface area contributed by atoms with E-state index in [1.807, 2.05) is 0 Å². The molecule has 0 saturated carbocycles. The van der Waals surface area contributed by atoms with E-state index in [1.165, 1.54) is 6.07 Å². The number of aryl methyl sites for hydroxylation is 1. The molecule has 0 aliphatic carbocycles. The Balaban J connectivity index is 2.75. The van der Waals surface area contributed by atoms with Crippen LogP contribution < -0.4 is 4.74 Å². The molecule has 0 bridgehead atoms. The van der Waals surface area contributed by atoms with Crippen LogP contribution in [-0.4, -0.2) is 6.61 Å². The van der Waals surface area contributed by atoms with Gasteiger partial charge < -0.3 is 4.74 Å². The van der Waals surface area contributed by atoms with Gasteiger partial charge in [0.05, 0.1) is 0 Å². The van der Waals surface area contributed by atoms with Crippen molar-refractivity contribution in [1.82, 2.24) is 0 Å². The predicted octanol–water partition coefficient (Wildman–Crippen LogP) is 2.70. The first-order chi connectivity index (χ1) is 5.74. The Bertz CT molecular complexity index is 281. The van der Waals surface area contributed by atoms with Gasteiger partial charge in [0.25, 0.3) is 0 Å². The fourth-order valence-electron chi connectivity index (χ4n) is 0.819. The maximum atomic E-state index is 12.9. The molecule has 0 N–H and O–H groups in total. The van der Waals surface area contributed by atoms with Gasteiger partial charge in [-0.05, 0) is 18.6 Å². The molecule has 0 unspecified atom stereocenters. The van der Waals surface area contributed by atoms with E-state index in [0.717, 1.165) is 0 Å². The second kappa shape index (κ2) is 3.90. The Labute approximate surface area is 71.5 Å². The molecule has 1 aromatic carbocycles. The van der Waals surface area contributed by atoms with E-state index >= 15 is 0 Å².